The normalized spacial score (nSPS) is 10.8. The number of benzene rings is 1. The first kappa shape index (κ1) is 12.0. The van der Waals surface area contributed by atoms with E-state index in [9.17, 15) is 9.59 Å². The van der Waals surface area contributed by atoms with E-state index < -0.39 is 16.4 Å². The largest absolute Gasteiger partial charge is 0.423 e. The Labute approximate surface area is 106 Å². The van der Waals surface area contributed by atoms with E-state index in [1.54, 1.807) is 24.3 Å². The Morgan fingerprint density at radius 2 is 2.00 bits per heavy atom. The highest BCUT2D eigenvalue weighted by Gasteiger charge is 2.16. The smallest absolute Gasteiger partial charge is 0.344 e. The van der Waals surface area contributed by atoms with E-state index in [0.29, 0.717) is 11.0 Å². The minimum atomic E-state index is -1.30. The van der Waals surface area contributed by atoms with Crippen LogP contribution in [0.1, 0.15) is 0 Å². The van der Waals surface area contributed by atoms with Gasteiger partial charge in [-0.2, -0.15) is 0 Å². The number of carbonyl (C=O) groups is 1. The fraction of sp³-hybridized carbons (Fsp3) is 0.0909. The highest BCUT2D eigenvalue weighted by Crippen LogP contribution is 2.24. The molecule has 2 aromatic rings. The van der Waals surface area contributed by atoms with Crippen molar-refractivity contribution in [3.63, 3.8) is 0 Å². The Balaban J connectivity index is 2.53. The van der Waals surface area contributed by atoms with Gasteiger partial charge >= 0.3 is 11.6 Å². The molecular formula is C11H6Cl2O4. The number of hydrogen-bond acceptors (Lipinski definition) is 4. The van der Waals surface area contributed by atoms with Gasteiger partial charge in [-0.05, 0) is 12.1 Å². The third-order valence-electron chi connectivity index (χ3n) is 2.00. The lowest BCUT2D eigenvalue weighted by Gasteiger charge is -2.06. The first-order valence-corrected chi connectivity index (χ1v) is 5.48. The van der Waals surface area contributed by atoms with Crippen molar-refractivity contribution in [2.45, 2.75) is 4.84 Å². The topological polar surface area (TPSA) is 56.5 Å². The molecule has 0 spiro atoms. The Bertz CT molecular complexity index is 618. The quantitative estimate of drug-likeness (QED) is 0.479. The van der Waals surface area contributed by atoms with Crippen LogP contribution in [0.15, 0.2) is 39.5 Å². The molecule has 0 unspecified atom stereocenters. The zero-order chi connectivity index (χ0) is 12.4. The maximum Gasteiger partial charge on any atom is 0.344 e. The molecule has 0 aliphatic carbocycles. The Morgan fingerprint density at radius 3 is 2.71 bits per heavy atom. The summed E-state index contributed by atoms with van der Waals surface area (Å²) in [5.74, 6) is -0.766. The average Bonchev–Trinajstić information content (AvgIpc) is 2.28. The van der Waals surface area contributed by atoms with Crippen LogP contribution in [-0.4, -0.2) is 10.8 Å². The molecule has 88 valence electrons. The van der Waals surface area contributed by atoms with Crippen molar-refractivity contribution in [2.24, 2.45) is 0 Å². The van der Waals surface area contributed by atoms with E-state index in [2.05, 4.69) is 0 Å². The van der Waals surface area contributed by atoms with E-state index in [1.807, 2.05) is 0 Å². The van der Waals surface area contributed by atoms with Gasteiger partial charge in [-0.1, -0.05) is 35.3 Å². The number of ether oxygens (including phenoxy) is 1. The van der Waals surface area contributed by atoms with Gasteiger partial charge in [-0.15, -0.1) is 0 Å². The zero-order valence-electron chi connectivity index (χ0n) is 8.35. The second-order valence-electron chi connectivity index (χ2n) is 3.15. The SMILES string of the molecule is O=C(Oc1cc(=O)oc2ccccc12)C(Cl)Cl. The number of fused-ring (bicyclic) bond motifs is 1. The summed E-state index contributed by atoms with van der Waals surface area (Å²) in [4.78, 5) is 21.2. The maximum atomic E-state index is 11.2. The highest BCUT2D eigenvalue weighted by atomic mass is 35.5. The summed E-state index contributed by atoms with van der Waals surface area (Å²) in [7, 11) is 0. The fourth-order valence-corrected chi connectivity index (χ4v) is 1.41. The van der Waals surface area contributed by atoms with Gasteiger partial charge in [-0.3, -0.25) is 0 Å². The van der Waals surface area contributed by atoms with E-state index in [4.69, 9.17) is 32.4 Å². The first-order valence-electron chi connectivity index (χ1n) is 4.60. The lowest BCUT2D eigenvalue weighted by Crippen LogP contribution is -2.16. The molecule has 1 aromatic carbocycles. The lowest BCUT2D eigenvalue weighted by molar-refractivity contribution is -0.132. The summed E-state index contributed by atoms with van der Waals surface area (Å²) in [5.41, 5.74) is -0.296. The number of hydrogen-bond donors (Lipinski definition) is 0. The number of rotatable bonds is 2. The summed E-state index contributed by atoms with van der Waals surface area (Å²) in [6.07, 6.45) is 0. The molecular weight excluding hydrogens is 267 g/mol. The van der Waals surface area contributed by atoms with Crippen LogP contribution in [0.3, 0.4) is 0 Å². The van der Waals surface area contributed by atoms with Crippen LogP contribution in [0.5, 0.6) is 5.75 Å². The molecule has 17 heavy (non-hydrogen) atoms. The molecule has 0 bridgehead atoms. The van der Waals surface area contributed by atoms with Crippen LogP contribution in [-0.2, 0) is 4.79 Å². The minimum Gasteiger partial charge on any atom is -0.423 e. The Morgan fingerprint density at radius 1 is 1.29 bits per heavy atom. The first-order chi connectivity index (χ1) is 8.08. The van der Waals surface area contributed by atoms with E-state index in [0.717, 1.165) is 6.07 Å². The van der Waals surface area contributed by atoms with Crippen LogP contribution in [0, 0.1) is 0 Å². The van der Waals surface area contributed by atoms with E-state index in [-0.39, 0.29) is 5.75 Å². The van der Waals surface area contributed by atoms with Crippen LogP contribution in [0.4, 0.5) is 0 Å². The summed E-state index contributed by atoms with van der Waals surface area (Å²) < 4.78 is 9.84. The second-order valence-corrected chi connectivity index (χ2v) is 4.24. The summed E-state index contributed by atoms with van der Waals surface area (Å²) >= 11 is 10.7. The fourth-order valence-electron chi connectivity index (χ4n) is 1.32. The van der Waals surface area contributed by atoms with Gasteiger partial charge in [0, 0.05) is 0 Å². The lowest BCUT2D eigenvalue weighted by atomic mass is 10.2. The standard InChI is InChI=1S/C11H6Cl2O4/c12-10(13)11(15)17-8-5-9(14)16-7-4-2-1-3-6(7)8/h1-5,10H. The third-order valence-corrected chi connectivity index (χ3v) is 2.36. The predicted octanol–water partition coefficient (Wildman–Crippen LogP) is 2.50. The third kappa shape index (κ3) is 2.60. The maximum absolute atomic E-state index is 11.2. The summed E-state index contributed by atoms with van der Waals surface area (Å²) in [5, 5.41) is 0.495. The Kier molecular flexibility index (Phi) is 3.36. The number of esters is 1. The molecule has 2 rings (SSSR count). The molecule has 1 heterocycles. The molecule has 0 N–H and O–H groups in total. The van der Waals surface area contributed by atoms with Crippen LogP contribution in [0.2, 0.25) is 0 Å². The van der Waals surface area contributed by atoms with E-state index in [1.165, 1.54) is 0 Å². The van der Waals surface area contributed by atoms with Crippen molar-refractivity contribution in [1.82, 2.24) is 0 Å². The predicted molar refractivity (Wildman–Crippen MR) is 63.6 cm³/mol. The van der Waals surface area contributed by atoms with Crippen LogP contribution < -0.4 is 10.4 Å². The van der Waals surface area contributed by atoms with Crippen molar-refractivity contribution in [3.8, 4) is 5.75 Å². The van der Waals surface area contributed by atoms with E-state index >= 15 is 0 Å². The molecule has 0 aliphatic rings. The van der Waals surface area contributed by atoms with Crippen molar-refractivity contribution in [1.29, 1.82) is 0 Å². The van der Waals surface area contributed by atoms with Gasteiger partial charge < -0.3 is 9.15 Å². The molecule has 0 atom stereocenters. The molecule has 4 nitrogen and oxygen atoms in total. The van der Waals surface area contributed by atoms with Crippen LogP contribution >= 0.6 is 23.2 Å². The van der Waals surface area contributed by atoms with Gasteiger partial charge in [0.05, 0.1) is 11.5 Å². The number of halogens is 2. The number of para-hydroxylation sites is 1. The molecule has 0 aliphatic heterocycles. The number of alkyl halides is 2. The summed E-state index contributed by atoms with van der Waals surface area (Å²) in [6, 6.07) is 7.73. The van der Waals surface area contributed by atoms with Gasteiger partial charge in [-0.25, -0.2) is 9.59 Å². The van der Waals surface area contributed by atoms with Crippen molar-refractivity contribution >= 4 is 40.1 Å². The molecule has 1 aromatic heterocycles. The van der Waals surface area contributed by atoms with Gasteiger partial charge in [0.2, 0.25) is 4.84 Å². The Hall–Kier alpha value is -1.52. The zero-order valence-corrected chi connectivity index (χ0v) is 9.86. The van der Waals surface area contributed by atoms with Crippen molar-refractivity contribution in [3.05, 3.63) is 40.8 Å². The van der Waals surface area contributed by atoms with Crippen molar-refractivity contribution in [2.75, 3.05) is 0 Å². The van der Waals surface area contributed by atoms with Gasteiger partial charge in [0.25, 0.3) is 0 Å². The van der Waals surface area contributed by atoms with Gasteiger partial charge in [0.1, 0.15) is 11.3 Å². The molecule has 0 radical (unpaired) electrons. The molecule has 0 fully saturated rings. The molecule has 0 amide bonds. The summed E-state index contributed by atoms with van der Waals surface area (Å²) in [6.45, 7) is 0. The molecule has 6 heteroatoms. The second kappa shape index (κ2) is 4.77. The van der Waals surface area contributed by atoms with Crippen LogP contribution in [0.25, 0.3) is 11.0 Å². The van der Waals surface area contributed by atoms with Gasteiger partial charge in [0.15, 0.2) is 0 Å². The molecule has 0 saturated heterocycles. The number of carbonyl (C=O) groups excluding carboxylic acids is 1. The minimum absolute atomic E-state index is 0.0770. The average molecular weight is 273 g/mol. The monoisotopic (exact) mass is 272 g/mol. The molecule has 0 saturated carbocycles. The highest BCUT2D eigenvalue weighted by molar-refractivity contribution is 6.53. The van der Waals surface area contributed by atoms with Crippen molar-refractivity contribution < 1.29 is 13.9 Å².